The fourth-order valence-electron chi connectivity index (χ4n) is 2.78. The topological polar surface area (TPSA) is 86.6 Å². The minimum absolute atomic E-state index is 0.125. The van der Waals surface area contributed by atoms with Crippen LogP contribution in [0.4, 0.5) is 4.39 Å². The van der Waals surface area contributed by atoms with Crippen LogP contribution in [-0.4, -0.2) is 28.6 Å². The molecule has 0 saturated heterocycles. The van der Waals surface area contributed by atoms with E-state index in [0.29, 0.717) is 6.42 Å². The van der Waals surface area contributed by atoms with Crippen LogP contribution in [0, 0.1) is 17.7 Å². The molecule has 1 aromatic rings. The number of aliphatic carboxylic acids is 1. The van der Waals surface area contributed by atoms with E-state index >= 15 is 0 Å². The number of carbonyl (C=O) groups is 2. The van der Waals surface area contributed by atoms with Gasteiger partial charge < -0.3 is 15.5 Å². The van der Waals surface area contributed by atoms with Gasteiger partial charge in [-0.1, -0.05) is 12.8 Å². The number of phenolic OH excluding ortho intramolecular Hbond substituents is 1. The molecule has 1 amide bonds. The first kappa shape index (κ1) is 15.3. The van der Waals surface area contributed by atoms with Crippen LogP contribution >= 0.6 is 0 Å². The Labute approximate surface area is 121 Å². The molecule has 1 fully saturated rings. The van der Waals surface area contributed by atoms with E-state index in [1.165, 1.54) is 12.1 Å². The first-order valence-corrected chi connectivity index (χ1v) is 6.98. The second-order valence-electron chi connectivity index (χ2n) is 5.36. The first-order valence-electron chi connectivity index (χ1n) is 6.98. The molecule has 6 heteroatoms. The van der Waals surface area contributed by atoms with Gasteiger partial charge in [-0.2, -0.15) is 0 Å². The van der Waals surface area contributed by atoms with Crippen LogP contribution in [0.2, 0.25) is 0 Å². The van der Waals surface area contributed by atoms with Gasteiger partial charge in [0.15, 0.2) is 0 Å². The Morgan fingerprint density at radius 3 is 2.67 bits per heavy atom. The Balaban J connectivity index is 1.98. The molecular weight excluding hydrogens is 277 g/mol. The molecule has 2 atom stereocenters. The van der Waals surface area contributed by atoms with Crippen molar-refractivity contribution in [2.45, 2.75) is 25.7 Å². The Morgan fingerprint density at radius 2 is 2.00 bits per heavy atom. The average molecular weight is 295 g/mol. The number of carboxylic acid groups (broad SMARTS) is 1. The van der Waals surface area contributed by atoms with Gasteiger partial charge in [0.05, 0.1) is 11.5 Å². The lowest BCUT2D eigenvalue weighted by Gasteiger charge is -2.28. The molecule has 1 aromatic carbocycles. The van der Waals surface area contributed by atoms with Crippen LogP contribution in [0.3, 0.4) is 0 Å². The van der Waals surface area contributed by atoms with E-state index in [1.807, 2.05) is 0 Å². The predicted molar refractivity (Wildman–Crippen MR) is 73.5 cm³/mol. The molecule has 21 heavy (non-hydrogen) atoms. The number of hydrogen-bond acceptors (Lipinski definition) is 3. The van der Waals surface area contributed by atoms with Crippen molar-refractivity contribution in [3.8, 4) is 5.75 Å². The molecule has 114 valence electrons. The highest BCUT2D eigenvalue weighted by molar-refractivity contribution is 5.94. The number of aromatic hydroxyl groups is 1. The van der Waals surface area contributed by atoms with Crippen molar-refractivity contribution in [3.63, 3.8) is 0 Å². The highest BCUT2D eigenvalue weighted by Gasteiger charge is 2.31. The van der Waals surface area contributed by atoms with E-state index in [1.54, 1.807) is 0 Å². The second kappa shape index (κ2) is 6.56. The Bertz CT molecular complexity index is 546. The van der Waals surface area contributed by atoms with E-state index in [-0.39, 0.29) is 23.8 Å². The highest BCUT2D eigenvalue weighted by Crippen LogP contribution is 2.29. The molecule has 0 aromatic heterocycles. The Kier molecular flexibility index (Phi) is 4.77. The van der Waals surface area contributed by atoms with Gasteiger partial charge in [-0.05, 0) is 30.9 Å². The minimum Gasteiger partial charge on any atom is -0.508 e. The number of hydrogen-bond donors (Lipinski definition) is 3. The molecule has 5 nitrogen and oxygen atoms in total. The molecular formula is C15H18FNO4. The largest absolute Gasteiger partial charge is 0.508 e. The minimum atomic E-state index is -0.843. The van der Waals surface area contributed by atoms with Crippen molar-refractivity contribution in [1.29, 1.82) is 0 Å². The van der Waals surface area contributed by atoms with Gasteiger partial charge in [0, 0.05) is 12.6 Å². The number of phenols is 1. The van der Waals surface area contributed by atoms with Crippen LogP contribution in [0.15, 0.2) is 18.2 Å². The molecule has 1 saturated carbocycles. The summed E-state index contributed by atoms with van der Waals surface area (Å²) in [6.45, 7) is 0.218. The molecule has 0 bridgehead atoms. The predicted octanol–water partition coefficient (Wildman–Crippen LogP) is 2.15. The van der Waals surface area contributed by atoms with Gasteiger partial charge >= 0.3 is 5.97 Å². The zero-order chi connectivity index (χ0) is 15.4. The van der Waals surface area contributed by atoms with E-state index in [4.69, 9.17) is 10.2 Å². The number of amides is 1. The molecule has 2 unspecified atom stereocenters. The lowest BCUT2D eigenvalue weighted by molar-refractivity contribution is -0.144. The molecule has 1 aliphatic carbocycles. The first-order chi connectivity index (χ1) is 9.99. The standard InChI is InChI=1S/C15H18FNO4/c16-13-7-10(18)5-6-12(13)14(19)17-8-9-3-1-2-4-11(9)15(20)21/h5-7,9,11,18H,1-4,8H2,(H,17,19)(H,20,21). The summed E-state index contributed by atoms with van der Waals surface area (Å²) in [5, 5.41) is 20.9. The summed E-state index contributed by atoms with van der Waals surface area (Å²) in [7, 11) is 0. The van der Waals surface area contributed by atoms with E-state index in [9.17, 15) is 14.0 Å². The lowest BCUT2D eigenvalue weighted by atomic mass is 9.79. The van der Waals surface area contributed by atoms with Crippen LogP contribution in [0.5, 0.6) is 5.75 Å². The van der Waals surface area contributed by atoms with Gasteiger partial charge in [0.25, 0.3) is 5.91 Å². The molecule has 0 aliphatic heterocycles. The van der Waals surface area contributed by atoms with Gasteiger partial charge in [-0.15, -0.1) is 0 Å². The lowest BCUT2D eigenvalue weighted by Crippen LogP contribution is -2.37. The summed E-state index contributed by atoms with van der Waals surface area (Å²) in [5.74, 6) is -3.07. The maximum absolute atomic E-state index is 13.6. The Hall–Kier alpha value is -2.11. The van der Waals surface area contributed by atoms with Crippen LogP contribution in [0.1, 0.15) is 36.0 Å². The van der Waals surface area contributed by atoms with Crippen LogP contribution in [-0.2, 0) is 4.79 Å². The van der Waals surface area contributed by atoms with Crippen LogP contribution in [0.25, 0.3) is 0 Å². The molecule has 2 rings (SSSR count). The van der Waals surface area contributed by atoms with Crippen molar-refractivity contribution in [1.82, 2.24) is 5.32 Å². The summed E-state index contributed by atoms with van der Waals surface area (Å²) in [6, 6.07) is 3.31. The summed E-state index contributed by atoms with van der Waals surface area (Å²) >= 11 is 0. The van der Waals surface area contributed by atoms with E-state index < -0.39 is 23.6 Å². The molecule has 0 heterocycles. The third kappa shape index (κ3) is 3.71. The monoisotopic (exact) mass is 295 g/mol. The number of benzene rings is 1. The zero-order valence-corrected chi connectivity index (χ0v) is 11.5. The molecule has 1 aliphatic rings. The SMILES string of the molecule is O=C(NCC1CCCCC1C(=O)O)c1ccc(O)cc1F. The number of rotatable bonds is 4. The average Bonchev–Trinajstić information content (AvgIpc) is 2.45. The smallest absolute Gasteiger partial charge is 0.306 e. The normalized spacial score (nSPS) is 21.8. The van der Waals surface area contributed by atoms with Gasteiger partial charge in [-0.25, -0.2) is 4.39 Å². The maximum Gasteiger partial charge on any atom is 0.306 e. The van der Waals surface area contributed by atoms with Crippen molar-refractivity contribution in [3.05, 3.63) is 29.6 Å². The van der Waals surface area contributed by atoms with Gasteiger partial charge in [-0.3, -0.25) is 9.59 Å². The maximum atomic E-state index is 13.6. The highest BCUT2D eigenvalue weighted by atomic mass is 19.1. The summed E-state index contributed by atoms with van der Waals surface area (Å²) < 4.78 is 13.6. The van der Waals surface area contributed by atoms with Crippen molar-refractivity contribution in [2.24, 2.45) is 11.8 Å². The summed E-state index contributed by atoms with van der Waals surface area (Å²) in [5.41, 5.74) is -0.157. The summed E-state index contributed by atoms with van der Waals surface area (Å²) in [4.78, 5) is 23.1. The molecule has 0 spiro atoms. The third-order valence-electron chi connectivity index (χ3n) is 3.95. The van der Waals surface area contributed by atoms with Crippen molar-refractivity contribution in [2.75, 3.05) is 6.54 Å². The quantitative estimate of drug-likeness (QED) is 0.794. The van der Waals surface area contributed by atoms with Crippen molar-refractivity contribution >= 4 is 11.9 Å². The van der Waals surface area contributed by atoms with Gasteiger partial charge in [0.2, 0.25) is 0 Å². The number of halogens is 1. The van der Waals surface area contributed by atoms with E-state index in [0.717, 1.165) is 25.3 Å². The third-order valence-corrected chi connectivity index (χ3v) is 3.95. The number of nitrogens with one attached hydrogen (secondary N) is 1. The molecule has 0 radical (unpaired) electrons. The second-order valence-corrected chi connectivity index (χ2v) is 5.36. The molecule has 3 N–H and O–H groups in total. The summed E-state index contributed by atoms with van der Waals surface area (Å²) in [6.07, 6.45) is 3.19. The van der Waals surface area contributed by atoms with Crippen molar-refractivity contribution < 1.29 is 24.2 Å². The van der Waals surface area contributed by atoms with E-state index in [2.05, 4.69) is 5.32 Å². The fraction of sp³-hybridized carbons (Fsp3) is 0.467. The fourth-order valence-corrected chi connectivity index (χ4v) is 2.78. The van der Waals surface area contributed by atoms with Crippen LogP contribution < -0.4 is 5.32 Å². The number of carbonyl (C=O) groups excluding carboxylic acids is 1. The Morgan fingerprint density at radius 1 is 1.29 bits per heavy atom. The zero-order valence-electron chi connectivity index (χ0n) is 11.5. The van der Waals surface area contributed by atoms with Gasteiger partial charge in [0.1, 0.15) is 11.6 Å². The number of carboxylic acids is 1.